The van der Waals surface area contributed by atoms with E-state index >= 15 is 0 Å². The van der Waals surface area contributed by atoms with Gasteiger partial charge in [0.25, 0.3) is 0 Å². The van der Waals surface area contributed by atoms with Gasteiger partial charge in [0.2, 0.25) is 0 Å². The van der Waals surface area contributed by atoms with E-state index in [9.17, 15) is 4.79 Å². The van der Waals surface area contributed by atoms with Gasteiger partial charge in [-0.2, -0.15) is 5.10 Å². The number of aromatic carboxylic acids is 1. The Morgan fingerprint density at radius 2 is 2.00 bits per heavy atom. The van der Waals surface area contributed by atoms with Gasteiger partial charge in [-0.15, -0.1) is 0 Å². The smallest absolute Gasteiger partial charge is 0.335 e. The zero-order valence-corrected chi connectivity index (χ0v) is 11.9. The minimum Gasteiger partial charge on any atom is -0.478 e. The van der Waals surface area contributed by atoms with E-state index in [1.165, 1.54) is 12.8 Å². The fraction of sp³-hybridized carbons (Fsp3) is 0.235. The van der Waals surface area contributed by atoms with E-state index in [0.717, 1.165) is 34.6 Å². The van der Waals surface area contributed by atoms with Crippen LogP contribution < -0.4 is 0 Å². The average Bonchev–Trinajstić information content (AvgIpc) is 3.28. The normalized spacial score (nSPS) is 14.4. The van der Waals surface area contributed by atoms with Crippen molar-refractivity contribution in [3.8, 4) is 5.69 Å². The third-order valence-corrected chi connectivity index (χ3v) is 4.11. The topological polar surface area (TPSA) is 68.0 Å². The second kappa shape index (κ2) is 4.94. The maximum absolute atomic E-state index is 11.2. The van der Waals surface area contributed by atoms with Crippen LogP contribution in [0.15, 0.2) is 42.7 Å². The molecule has 1 aliphatic rings. The van der Waals surface area contributed by atoms with Gasteiger partial charge in [-0.25, -0.2) is 9.48 Å². The number of fused-ring (bicyclic) bond motifs is 1. The first-order chi connectivity index (χ1) is 10.7. The monoisotopic (exact) mass is 293 g/mol. The van der Waals surface area contributed by atoms with Crippen molar-refractivity contribution in [3.63, 3.8) is 0 Å². The Hall–Kier alpha value is -2.69. The van der Waals surface area contributed by atoms with Gasteiger partial charge in [0.05, 0.1) is 22.5 Å². The van der Waals surface area contributed by atoms with Crippen LogP contribution in [0.2, 0.25) is 0 Å². The highest BCUT2D eigenvalue weighted by Crippen LogP contribution is 2.35. The van der Waals surface area contributed by atoms with Crippen LogP contribution in [0.5, 0.6) is 0 Å². The van der Waals surface area contributed by atoms with Crippen molar-refractivity contribution in [2.45, 2.75) is 19.3 Å². The fourth-order valence-electron chi connectivity index (χ4n) is 2.76. The molecule has 1 saturated carbocycles. The fourth-order valence-corrected chi connectivity index (χ4v) is 2.76. The van der Waals surface area contributed by atoms with Crippen LogP contribution in [0.3, 0.4) is 0 Å². The number of carboxylic acid groups (broad SMARTS) is 1. The van der Waals surface area contributed by atoms with Crippen molar-refractivity contribution in [1.29, 1.82) is 0 Å². The number of rotatable bonds is 4. The summed E-state index contributed by atoms with van der Waals surface area (Å²) in [7, 11) is 0. The molecule has 0 unspecified atom stereocenters. The second-order valence-electron chi connectivity index (χ2n) is 5.75. The number of pyridine rings is 1. The van der Waals surface area contributed by atoms with Crippen molar-refractivity contribution >= 4 is 16.9 Å². The maximum atomic E-state index is 11.2. The lowest BCUT2D eigenvalue weighted by atomic mass is 10.1. The molecule has 0 spiro atoms. The first-order valence-corrected chi connectivity index (χ1v) is 7.38. The SMILES string of the molecule is O=C(O)c1ccc2c(CC3CC3)n(-c3ccncc3)nc2c1. The van der Waals surface area contributed by atoms with Gasteiger partial charge in [0.1, 0.15) is 0 Å². The highest BCUT2D eigenvalue weighted by Gasteiger charge is 2.25. The van der Waals surface area contributed by atoms with Crippen LogP contribution in [0.1, 0.15) is 28.9 Å². The number of benzene rings is 1. The Labute approximate surface area is 127 Å². The number of aromatic nitrogens is 3. The quantitative estimate of drug-likeness (QED) is 0.802. The lowest BCUT2D eigenvalue weighted by molar-refractivity contribution is 0.0697. The first kappa shape index (κ1) is 13.0. The first-order valence-electron chi connectivity index (χ1n) is 7.38. The molecule has 1 fully saturated rings. The van der Waals surface area contributed by atoms with Gasteiger partial charge in [-0.1, -0.05) is 6.07 Å². The summed E-state index contributed by atoms with van der Waals surface area (Å²) in [5, 5.41) is 14.8. The molecule has 2 heterocycles. The molecule has 0 bridgehead atoms. The van der Waals surface area contributed by atoms with Crippen LogP contribution in [0, 0.1) is 5.92 Å². The summed E-state index contributed by atoms with van der Waals surface area (Å²) in [6.07, 6.45) is 6.98. The highest BCUT2D eigenvalue weighted by atomic mass is 16.4. The van der Waals surface area contributed by atoms with Crippen LogP contribution in [-0.4, -0.2) is 25.8 Å². The van der Waals surface area contributed by atoms with Crippen LogP contribution in [-0.2, 0) is 6.42 Å². The molecule has 4 rings (SSSR count). The van der Waals surface area contributed by atoms with Gasteiger partial charge in [0.15, 0.2) is 0 Å². The summed E-state index contributed by atoms with van der Waals surface area (Å²) in [5.41, 5.74) is 3.11. The Kier molecular flexibility index (Phi) is 2.92. The highest BCUT2D eigenvalue weighted by molar-refractivity contribution is 5.94. The Morgan fingerprint density at radius 1 is 1.23 bits per heavy atom. The Bertz CT molecular complexity index is 851. The molecule has 2 aromatic heterocycles. The molecule has 5 heteroatoms. The average molecular weight is 293 g/mol. The lowest BCUT2D eigenvalue weighted by Crippen LogP contribution is -2.03. The summed E-state index contributed by atoms with van der Waals surface area (Å²) in [6.45, 7) is 0. The molecule has 1 aromatic carbocycles. The number of nitrogens with zero attached hydrogens (tertiary/aromatic N) is 3. The van der Waals surface area contributed by atoms with Crippen molar-refractivity contribution in [1.82, 2.24) is 14.8 Å². The zero-order valence-electron chi connectivity index (χ0n) is 11.9. The standard InChI is InChI=1S/C17H15N3O2/c21-17(22)12-3-4-14-15(10-12)19-20(13-5-7-18-8-6-13)16(14)9-11-1-2-11/h3-8,10-11H,1-2,9H2,(H,21,22). The molecule has 110 valence electrons. The molecule has 0 saturated heterocycles. The van der Waals surface area contributed by atoms with E-state index in [1.54, 1.807) is 24.5 Å². The summed E-state index contributed by atoms with van der Waals surface area (Å²) in [4.78, 5) is 15.2. The van der Waals surface area contributed by atoms with Crippen molar-refractivity contribution in [2.24, 2.45) is 5.92 Å². The van der Waals surface area contributed by atoms with E-state index in [1.807, 2.05) is 22.9 Å². The molecule has 1 aliphatic carbocycles. The van der Waals surface area contributed by atoms with E-state index in [2.05, 4.69) is 10.1 Å². The molecule has 3 aromatic rings. The van der Waals surface area contributed by atoms with Gasteiger partial charge in [-0.05, 0) is 49.4 Å². The predicted octanol–water partition coefficient (Wildman–Crippen LogP) is 3.07. The van der Waals surface area contributed by atoms with Crippen molar-refractivity contribution in [3.05, 3.63) is 54.0 Å². The largest absolute Gasteiger partial charge is 0.478 e. The third kappa shape index (κ3) is 2.24. The molecule has 0 radical (unpaired) electrons. The van der Waals surface area contributed by atoms with Gasteiger partial charge >= 0.3 is 5.97 Å². The Morgan fingerprint density at radius 3 is 2.68 bits per heavy atom. The second-order valence-corrected chi connectivity index (χ2v) is 5.75. The van der Waals surface area contributed by atoms with Crippen LogP contribution >= 0.6 is 0 Å². The molecule has 5 nitrogen and oxygen atoms in total. The minimum atomic E-state index is -0.927. The number of carboxylic acids is 1. The number of hydrogen-bond donors (Lipinski definition) is 1. The van der Waals surface area contributed by atoms with Crippen LogP contribution in [0.25, 0.3) is 16.6 Å². The van der Waals surface area contributed by atoms with Gasteiger partial charge in [-0.3, -0.25) is 4.98 Å². The van der Waals surface area contributed by atoms with E-state index in [0.29, 0.717) is 0 Å². The maximum Gasteiger partial charge on any atom is 0.335 e. The molecule has 22 heavy (non-hydrogen) atoms. The molecular weight excluding hydrogens is 278 g/mol. The zero-order chi connectivity index (χ0) is 15.1. The molecular formula is C17H15N3O2. The van der Waals surface area contributed by atoms with Crippen molar-refractivity contribution in [2.75, 3.05) is 0 Å². The lowest BCUT2D eigenvalue weighted by Gasteiger charge is -2.06. The molecule has 0 aliphatic heterocycles. The summed E-state index contributed by atoms with van der Waals surface area (Å²) < 4.78 is 1.93. The number of hydrogen-bond acceptors (Lipinski definition) is 3. The Balaban J connectivity index is 1.91. The summed E-state index contributed by atoms with van der Waals surface area (Å²) in [5.74, 6) is -0.205. The van der Waals surface area contributed by atoms with Crippen LogP contribution in [0.4, 0.5) is 0 Å². The summed E-state index contributed by atoms with van der Waals surface area (Å²) >= 11 is 0. The third-order valence-electron chi connectivity index (χ3n) is 4.11. The van der Waals surface area contributed by atoms with Gasteiger partial charge in [0, 0.05) is 17.8 Å². The van der Waals surface area contributed by atoms with E-state index < -0.39 is 5.97 Å². The minimum absolute atomic E-state index is 0.268. The van der Waals surface area contributed by atoms with Crippen molar-refractivity contribution < 1.29 is 9.90 Å². The molecule has 0 amide bonds. The predicted molar refractivity (Wildman–Crippen MR) is 82.3 cm³/mol. The van der Waals surface area contributed by atoms with E-state index in [-0.39, 0.29) is 5.56 Å². The van der Waals surface area contributed by atoms with E-state index in [4.69, 9.17) is 5.11 Å². The van der Waals surface area contributed by atoms with Gasteiger partial charge < -0.3 is 5.11 Å². The summed E-state index contributed by atoms with van der Waals surface area (Å²) in [6, 6.07) is 9.01. The molecule has 0 atom stereocenters. The number of carbonyl (C=O) groups is 1. The molecule has 1 N–H and O–H groups in total.